The number of urea groups is 1. The van der Waals surface area contributed by atoms with Crippen molar-refractivity contribution in [2.45, 2.75) is 45.1 Å². The highest BCUT2D eigenvalue weighted by Crippen LogP contribution is 2.50. The first kappa shape index (κ1) is 34.0. The Hall–Kier alpha value is -6.15. The second-order valence-electron chi connectivity index (χ2n) is 14.0. The van der Waals surface area contributed by atoms with E-state index < -0.39 is 17.8 Å². The van der Waals surface area contributed by atoms with Gasteiger partial charge in [-0.05, 0) is 96.0 Å². The van der Waals surface area contributed by atoms with Gasteiger partial charge in [0, 0.05) is 42.2 Å². The lowest BCUT2D eigenvalue weighted by molar-refractivity contribution is -0.122. The van der Waals surface area contributed by atoms with E-state index in [4.69, 9.17) is 9.47 Å². The standard InChI is InChI=1S/C45H41N3O5/c1-28-14-15-30(22-29(28)2)27-53-41-26-35(52-3)17-16-33(41)23-40-43(49)46-45(51)48(44(40)50)34-24-38-36(31-10-6-4-7-11-31)18-20-47-21-19-37(39(25-34)42(38)47)32-12-8-5-9-13-32/h4-17,22-26,36-37H,18-21,27H2,1-3H3,(H,46,49,51)/b40-23+/t36-,37+. The van der Waals surface area contributed by atoms with E-state index in [1.54, 1.807) is 25.3 Å². The van der Waals surface area contributed by atoms with Gasteiger partial charge in [-0.15, -0.1) is 0 Å². The first-order valence-corrected chi connectivity index (χ1v) is 18.1. The molecule has 1 N–H and O–H groups in total. The number of benzene rings is 5. The van der Waals surface area contributed by atoms with E-state index in [1.807, 2.05) is 54.6 Å². The lowest BCUT2D eigenvalue weighted by Gasteiger charge is -2.44. The number of anilines is 2. The summed E-state index contributed by atoms with van der Waals surface area (Å²) in [5.74, 6) is -0.302. The minimum absolute atomic E-state index is 0.0756. The zero-order valence-corrected chi connectivity index (χ0v) is 30.1. The normalized spacial score (nSPS) is 18.8. The molecule has 266 valence electrons. The molecule has 5 aromatic rings. The zero-order valence-electron chi connectivity index (χ0n) is 30.1. The second kappa shape index (κ2) is 14.1. The van der Waals surface area contributed by atoms with Gasteiger partial charge in [-0.25, -0.2) is 9.69 Å². The summed E-state index contributed by atoms with van der Waals surface area (Å²) in [5.41, 5.74) is 9.81. The number of hydrogen-bond acceptors (Lipinski definition) is 6. The molecule has 8 rings (SSSR count). The number of aryl methyl sites for hydroxylation is 2. The van der Waals surface area contributed by atoms with Crippen molar-refractivity contribution in [3.63, 3.8) is 0 Å². The molecule has 0 radical (unpaired) electrons. The number of barbiturate groups is 1. The number of ether oxygens (including phenoxy) is 2. The summed E-state index contributed by atoms with van der Waals surface area (Å²) in [6.07, 6.45) is 3.31. The molecule has 3 aliphatic heterocycles. The molecule has 1 fully saturated rings. The summed E-state index contributed by atoms with van der Waals surface area (Å²) in [6, 6.07) is 35.3. The molecule has 2 atom stereocenters. The molecule has 5 aromatic carbocycles. The average molecular weight is 704 g/mol. The van der Waals surface area contributed by atoms with Crippen molar-refractivity contribution in [3.8, 4) is 11.5 Å². The molecule has 0 aliphatic carbocycles. The van der Waals surface area contributed by atoms with Crippen molar-refractivity contribution in [3.05, 3.63) is 159 Å². The molecule has 1 saturated heterocycles. The molecular weight excluding hydrogens is 663 g/mol. The maximum atomic E-state index is 14.5. The van der Waals surface area contributed by atoms with Crippen LogP contribution >= 0.6 is 0 Å². The molecule has 0 unspecified atom stereocenters. The number of carbonyl (C=O) groups is 3. The molecule has 0 bridgehead atoms. The van der Waals surface area contributed by atoms with Gasteiger partial charge in [-0.1, -0.05) is 78.9 Å². The van der Waals surface area contributed by atoms with Crippen LogP contribution in [0.4, 0.5) is 16.2 Å². The fourth-order valence-corrected chi connectivity index (χ4v) is 7.96. The molecule has 0 aromatic heterocycles. The van der Waals surface area contributed by atoms with Gasteiger partial charge in [0.2, 0.25) is 0 Å². The predicted molar refractivity (Wildman–Crippen MR) is 207 cm³/mol. The monoisotopic (exact) mass is 703 g/mol. The quantitative estimate of drug-likeness (QED) is 0.129. The fraction of sp³-hybridized carbons (Fsp3) is 0.222. The van der Waals surface area contributed by atoms with Crippen molar-refractivity contribution in [2.75, 3.05) is 30.0 Å². The summed E-state index contributed by atoms with van der Waals surface area (Å²) in [6.45, 7) is 6.22. The van der Waals surface area contributed by atoms with Gasteiger partial charge in [0.1, 0.15) is 23.7 Å². The molecule has 0 saturated carbocycles. The van der Waals surface area contributed by atoms with Crippen molar-refractivity contribution < 1.29 is 23.9 Å². The van der Waals surface area contributed by atoms with Crippen LogP contribution in [-0.2, 0) is 16.2 Å². The third kappa shape index (κ3) is 6.46. The Labute approximate surface area is 309 Å². The maximum Gasteiger partial charge on any atom is 0.335 e. The molecule has 8 nitrogen and oxygen atoms in total. The van der Waals surface area contributed by atoms with Crippen LogP contribution in [0.3, 0.4) is 0 Å². The average Bonchev–Trinajstić information content (AvgIpc) is 3.18. The summed E-state index contributed by atoms with van der Waals surface area (Å²) in [5, 5.41) is 2.45. The molecule has 53 heavy (non-hydrogen) atoms. The van der Waals surface area contributed by atoms with Crippen LogP contribution in [0.5, 0.6) is 11.5 Å². The van der Waals surface area contributed by atoms with Crippen LogP contribution in [0.2, 0.25) is 0 Å². The Kier molecular flexibility index (Phi) is 9.04. The van der Waals surface area contributed by atoms with Crippen LogP contribution in [0.15, 0.2) is 115 Å². The van der Waals surface area contributed by atoms with Crippen molar-refractivity contribution >= 4 is 35.3 Å². The number of hydrogen-bond donors (Lipinski definition) is 1. The minimum atomic E-state index is -0.777. The van der Waals surface area contributed by atoms with Crippen LogP contribution in [0, 0.1) is 13.8 Å². The smallest absolute Gasteiger partial charge is 0.335 e. The molecule has 8 heteroatoms. The van der Waals surface area contributed by atoms with Gasteiger partial charge in [-0.3, -0.25) is 14.9 Å². The molecule has 0 spiro atoms. The maximum absolute atomic E-state index is 14.5. The number of amides is 4. The van der Waals surface area contributed by atoms with Gasteiger partial charge in [0.15, 0.2) is 0 Å². The Morgan fingerprint density at radius 3 is 2.00 bits per heavy atom. The minimum Gasteiger partial charge on any atom is -0.497 e. The fourth-order valence-electron chi connectivity index (χ4n) is 7.96. The predicted octanol–water partition coefficient (Wildman–Crippen LogP) is 8.44. The van der Waals surface area contributed by atoms with Gasteiger partial charge >= 0.3 is 6.03 Å². The molecule has 4 amide bonds. The van der Waals surface area contributed by atoms with Crippen molar-refractivity contribution in [1.82, 2.24) is 5.32 Å². The third-order valence-corrected chi connectivity index (χ3v) is 10.8. The van der Waals surface area contributed by atoms with E-state index in [2.05, 4.69) is 60.5 Å². The first-order valence-electron chi connectivity index (χ1n) is 18.1. The lowest BCUT2D eigenvalue weighted by atomic mass is 9.76. The second-order valence-corrected chi connectivity index (χ2v) is 14.0. The summed E-state index contributed by atoms with van der Waals surface area (Å²) in [7, 11) is 1.57. The number of rotatable bonds is 8. The van der Waals surface area contributed by atoms with Crippen molar-refractivity contribution in [1.29, 1.82) is 0 Å². The number of methoxy groups -OCH3 is 1. The van der Waals surface area contributed by atoms with E-state index in [-0.39, 0.29) is 24.0 Å². The number of nitrogens with zero attached hydrogens (tertiary/aromatic N) is 2. The van der Waals surface area contributed by atoms with Gasteiger partial charge in [0.25, 0.3) is 11.8 Å². The van der Waals surface area contributed by atoms with Gasteiger partial charge in [-0.2, -0.15) is 0 Å². The number of carbonyl (C=O) groups excluding carboxylic acids is 3. The van der Waals surface area contributed by atoms with Crippen LogP contribution in [0.1, 0.15) is 69.2 Å². The number of imide groups is 2. The van der Waals surface area contributed by atoms with E-state index in [0.29, 0.717) is 22.7 Å². The van der Waals surface area contributed by atoms with Gasteiger partial charge < -0.3 is 14.4 Å². The Morgan fingerprint density at radius 2 is 1.40 bits per heavy atom. The summed E-state index contributed by atoms with van der Waals surface area (Å²) < 4.78 is 11.7. The van der Waals surface area contributed by atoms with E-state index in [0.717, 1.165) is 53.1 Å². The molecular formula is C45H41N3O5. The molecule has 3 aliphatic rings. The van der Waals surface area contributed by atoms with Gasteiger partial charge in [0.05, 0.1) is 12.8 Å². The van der Waals surface area contributed by atoms with Crippen molar-refractivity contribution in [2.24, 2.45) is 0 Å². The topological polar surface area (TPSA) is 88.2 Å². The third-order valence-electron chi connectivity index (χ3n) is 10.8. The first-order chi connectivity index (χ1) is 25.8. The highest BCUT2D eigenvalue weighted by Gasteiger charge is 2.40. The highest BCUT2D eigenvalue weighted by molar-refractivity contribution is 6.39. The van der Waals surface area contributed by atoms with Crippen LogP contribution in [-0.4, -0.2) is 38.0 Å². The Balaban J connectivity index is 1.21. The summed E-state index contributed by atoms with van der Waals surface area (Å²) in [4.78, 5) is 45.2. The Bertz CT molecular complexity index is 2190. The van der Waals surface area contributed by atoms with Crippen LogP contribution in [0.25, 0.3) is 6.08 Å². The zero-order chi connectivity index (χ0) is 36.6. The molecule has 3 heterocycles. The van der Waals surface area contributed by atoms with E-state index >= 15 is 0 Å². The SMILES string of the molecule is COc1ccc(/C=C2\C(=O)NC(=O)N(c3cc4c5c(c3)[C@H](c3ccccc3)CCN5CC[C@@H]4c3ccccc3)C2=O)c(OCc2ccc(C)c(C)c2)c1. The largest absolute Gasteiger partial charge is 0.497 e. The highest BCUT2D eigenvalue weighted by atomic mass is 16.5. The Morgan fingerprint density at radius 1 is 0.755 bits per heavy atom. The van der Waals surface area contributed by atoms with Crippen LogP contribution < -0.4 is 24.6 Å². The summed E-state index contributed by atoms with van der Waals surface area (Å²) >= 11 is 0. The van der Waals surface area contributed by atoms with E-state index in [9.17, 15) is 14.4 Å². The number of nitrogens with one attached hydrogen (secondary N) is 1. The van der Waals surface area contributed by atoms with E-state index in [1.165, 1.54) is 28.5 Å². The lowest BCUT2D eigenvalue weighted by Crippen LogP contribution is -2.54.